The van der Waals surface area contributed by atoms with Crippen molar-refractivity contribution in [3.63, 3.8) is 0 Å². The second-order valence-corrected chi connectivity index (χ2v) is 5.59. The number of rotatable bonds is 7. The molecular weight excluding hydrogens is 322 g/mol. The molecule has 1 amide bonds. The van der Waals surface area contributed by atoms with Gasteiger partial charge in [0.2, 0.25) is 5.91 Å². The standard InChI is InChI=1S/C16H19N7O2/c1-11-8-15(25)23-16(20-11)21-13(22-23)9-14(24)19-7-3-6-18-12-4-2-5-17-10-12/h2,4-5,8,10,18H,3,6-7,9H2,1H3,(H,19,24)(H,20,21,22). The van der Waals surface area contributed by atoms with Gasteiger partial charge in [-0.05, 0) is 25.5 Å². The third-order valence-electron chi connectivity index (χ3n) is 3.50. The van der Waals surface area contributed by atoms with Gasteiger partial charge in [0.05, 0.1) is 12.1 Å². The van der Waals surface area contributed by atoms with E-state index in [4.69, 9.17) is 0 Å². The Balaban J connectivity index is 1.45. The maximum Gasteiger partial charge on any atom is 0.274 e. The van der Waals surface area contributed by atoms with Crippen LogP contribution in [0.2, 0.25) is 0 Å². The Morgan fingerprint density at radius 3 is 3.00 bits per heavy atom. The highest BCUT2D eigenvalue weighted by molar-refractivity contribution is 5.77. The van der Waals surface area contributed by atoms with E-state index in [0.717, 1.165) is 18.7 Å². The van der Waals surface area contributed by atoms with Crippen LogP contribution in [-0.2, 0) is 11.2 Å². The van der Waals surface area contributed by atoms with Crippen LogP contribution in [0.4, 0.5) is 5.69 Å². The number of pyridine rings is 1. The summed E-state index contributed by atoms with van der Waals surface area (Å²) in [4.78, 5) is 36.1. The van der Waals surface area contributed by atoms with Crippen molar-refractivity contribution in [1.82, 2.24) is 29.9 Å². The van der Waals surface area contributed by atoms with Gasteiger partial charge in [0.1, 0.15) is 5.82 Å². The van der Waals surface area contributed by atoms with E-state index in [1.807, 2.05) is 12.1 Å². The number of aromatic amines is 1. The monoisotopic (exact) mass is 341 g/mol. The molecule has 25 heavy (non-hydrogen) atoms. The van der Waals surface area contributed by atoms with Crippen molar-refractivity contribution in [3.05, 3.63) is 52.5 Å². The molecule has 9 heteroatoms. The molecule has 0 spiro atoms. The summed E-state index contributed by atoms with van der Waals surface area (Å²) in [5, 5.41) is 8.84. The van der Waals surface area contributed by atoms with Crippen molar-refractivity contribution in [3.8, 4) is 0 Å². The van der Waals surface area contributed by atoms with Crippen LogP contribution in [0.1, 0.15) is 17.9 Å². The van der Waals surface area contributed by atoms with Crippen LogP contribution in [-0.4, -0.2) is 43.6 Å². The molecule has 0 saturated carbocycles. The Labute approximate surface area is 143 Å². The van der Waals surface area contributed by atoms with E-state index >= 15 is 0 Å². The number of carbonyl (C=O) groups excluding carboxylic acids is 1. The molecule has 3 aromatic heterocycles. The van der Waals surface area contributed by atoms with Crippen LogP contribution in [0.25, 0.3) is 5.78 Å². The summed E-state index contributed by atoms with van der Waals surface area (Å²) >= 11 is 0. The second kappa shape index (κ2) is 7.56. The third kappa shape index (κ3) is 4.40. The maximum atomic E-state index is 12.0. The first kappa shape index (κ1) is 16.6. The number of anilines is 1. The predicted octanol–water partition coefficient (Wildman–Crippen LogP) is 0.282. The summed E-state index contributed by atoms with van der Waals surface area (Å²) in [6, 6.07) is 5.20. The van der Waals surface area contributed by atoms with Crippen LogP contribution in [0.3, 0.4) is 0 Å². The van der Waals surface area contributed by atoms with Gasteiger partial charge in [-0.1, -0.05) is 0 Å². The van der Waals surface area contributed by atoms with Gasteiger partial charge in [-0.3, -0.25) is 19.7 Å². The van der Waals surface area contributed by atoms with E-state index in [9.17, 15) is 9.59 Å². The van der Waals surface area contributed by atoms with Crippen LogP contribution in [0, 0.1) is 6.92 Å². The predicted molar refractivity (Wildman–Crippen MR) is 92.4 cm³/mol. The molecule has 3 N–H and O–H groups in total. The molecule has 9 nitrogen and oxygen atoms in total. The lowest BCUT2D eigenvalue weighted by atomic mass is 10.3. The minimum Gasteiger partial charge on any atom is -0.384 e. The number of H-pyrrole nitrogens is 1. The van der Waals surface area contributed by atoms with Gasteiger partial charge in [0.15, 0.2) is 0 Å². The molecule has 3 heterocycles. The number of hydrogen-bond donors (Lipinski definition) is 3. The molecule has 0 radical (unpaired) electrons. The number of amides is 1. The average Bonchev–Trinajstić information content (AvgIpc) is 2.98. The molecular formula is C16H19N7O2. The number of nitrogens with one attached hydrogen (secondary N) is 3. The Bertz CT molecular complexity index is 917. The average molecular weight is 341 g/mol. The highest BCUT2D eigenvalue weighted by Crippen LogP contribution is 2.02. The first-order valence-corrected chi connectivity index (χ1v) is 7.98. The first-order valence-electron chi connectivity index (χ1n) is 7.98. The van der Waals surface area contributed by atoms with Gasteiger partial charge in [0.25, 0.3) is 11.3 Å². The topological polar surface area (TPSA) is 117 Å². The fourth-order valence-corrected chi connectivity index (χ4v) is 2.35. The van der Waals surface area contributed by atoms with E-state index in [-0.39, 0.29) is 23.7 Å². The van der Waals surface area contributed by atoms with Gasteiger partial charge < -0.3 is 10.6 Å². The lowest BCUT2D eigenvalue weighted by Crippen LogP contribution is -2.27. The van der Waals surface area contributed by atoms with E-state index in [1.165, 1.54) is 10.6 Å². The smallest absolute Gasteiger partial charge is 0.274 e. The Hall–Kier alpha value is -3.23. The van der Waals surface area contributed by atoms with Crippen LogP contribution < -0.4 is 16.2 Å². The van der Waals surface area contributed by atoms with E-state index in [0.29, 0.717) is 18.1 Å². The highest BCUT2D eigenvalue weighted by Gasteiger charge is 2.10. The van der Waals surface area contributed by atoms with E-state index in [2.05, 4.69) is 30.7 Å². The molecule has 3 aromatic rings. The number of carbonyl (C=O) groups is 1. The fraction of sp³-hybridized carbons (Fsp3) is 0.312. The lowest BCUT2D eigenvalue weighted by molar-refractivity contribution is -0.120. The summed E-state index contributed by atoms with van der Waals surface area (Å²) in [7, 11) is 0. The Morgan fingerprint density at radius 2 is 2.20 bits per heavy atom. The quantitative estimate of drug-likeness (QED) is 0.532. The molecule has 0 aliphatic carbocycles. The number of hydrogen-bond acceptors (Lipinski definition) is 6. The molecule has 0 aromatic carbocycles. The maximum absolute atomic E-state index is 12.0. The molecule has 0 atom stereocenters. The van der Waals surface area contributed by atoms with Crippen LogP contribution in [0.5, 0.6) is 0 Å². The normalized spacial score (nSPS) is 10.8. The van der Waals surface area contributed by atoms with Crippen LogP contribution >= 0.6 is 0 Å². The molecule has 0 bridgehead atoms. The number of aromatic nitrogens is 5. The molecule has 3 rings (SSSR count). The summed E-state index contributed by atoms with van der Waals surface area (Å²) < 4.78 is 1.23. The highest BCUT2D eigenvalue weighted by atomic mass is 16.1. The van der Waals surface area contributed by atoms with Crippen LogP contribution in [0.15, 0.2) is 35.4 Å². The zero-order chi connectivity index (χ0) is 17.6. The van der Waals surface area contributed by atoms with Gasteiger partial charge in [-0.25, -0.2) is 4.98 Å². The SMILES string of the molecule is Cc1cc(=O)n2[nH]c(CC(=O)NCCCNc3cccnc3)nc2n1. The Kier molecular flexibility index (Phi) is 5.03. The zero-order valence-corrected chi connectivity index (χ0v) is 13.8. The number of fused-ring (bicyclic) bond motifs is 1. The number of nitrogens with zero attached hydrogens (tertiary/aromatic N) is 4. The number of aryl methyl sites for hydroxylation is 1. The molecule has 130 valence electrons. The van der Waals surface area contributed by atoms with Crippen molar-refractivity contribution >= 4 is 17.4 Å². The molecule has 0 unspecified atom stereocenters. The van der Waals surface area contributed by atoms with Crippen molar-refractivity contribution in [2.75, 3.05) is 18.4 Å². The lowest BCUT2D eigenvalue weighted by Gasteiger charge is -2.06. The van der Waals surface area contributed by atoms with Gasteiger partial charge >= 0.3 is 0 Å². The van der Waals surface area contributed by atoms with Crippen molar-refractivity contribution in [1.29, 1.82) is 0 Å². The third-order valence-corrected chi connectivity index (χ3v) is 3.50. The van der Waals surface area contributed by atoms with E-state index < -0.39 is 0 Å². The van der Waals surface area contributed by atoms with Gasteiger partial charge in [0, 0.05) is 37.2 Å². The summed E-state index contributed by atoms with van der Waals surface area (Å²) in [5.41, 5.74) is 1.29. The zero-order valence-electron chi connectivity index (χ0n) is 13.8. The minimum atomic E-state index is -0.247. The largest absolute Gasteiger partial charge is 0.384 e. The first-order chi connectivity index (χ1) is 12.1. The summed E-state index contributed by atoms with van der Waals surface area (Å²) in [5.74, 6) is 0.514. The molecule has 0 fully saturated rings. The second-order valence-electron chi connectivity index (χ2n) is 5.59. The molecule has 0 aliphatic rings. The Morgan fingerprint density at radius 1 is 1.32 bits per heavy atom. The van der Waals surface area contributed by atoms with Gasteiger partial charge in [-0.15, -0.1) is 0 Å². The van der Waals surface area contributed by atoms with Crippen molar-refractivity contribution in [2.45, 2.75) is 19.8 Å². The van der Waals surface area contributed by atoms with Crippen molar-refractivity contribution < 1.29 is 4.79 Å². The van der Waals surface area contributed by atoms with E-state index in [1.54, 1.807) is 19.3 Å². The molecule has 0 saturated heterocycles. The molecule has 0 aliphatic heterocycles. The summed E-state index contributed by atoms with van der Waals surface area (Å²) in [6.07, 6.45) is 4.31. The van der Waals surface area contributed by atoms with Crippen molar-refractivity contribution in [2.24, 2.45) is 0 Å². The fourth-order valence-electron chi connectivity index (χ4n) is 2.35. The minimum absolute atomic E-state index is 0.0673. The van der Waals surface area contributed by atoms with Gasteiger partial charge in [-0.2, -0.15) is 9.50 Å². The summed E-state index contributed by atoms with van der Waals surface area (Å²) in [6.45, 7) is 3.00.